The van der Waals surface area contributed by atoms with Crippen LogP contribution in [0.5, 0.6) is 0 Å². The zero-order valence-corrected chi connectivity index (χ0v) is 21.5. The second kappa shape index (κ2) is 13.0. The number of aryl methyl sites for hydroxylation is 1. The lowest BCUT2D eigenvalue weighted by molar-refractivity contribution is -0.136. The highest BCUT2D eigenvalue weighted by molar-refractivity contribution is 5.76. The van der Waals surface area contributed by atoms with E-state index in [0.717, 1.165) is 6.54 Å². The number of amides is 2. The van der Waals surface area contributed by atoms with E-state index in [0.29, 0.717) is 61.9 Å². The number of hydrogen-bond donors (Lipinski definition) is 4. The summed E-state index contributed by atoms with van der Waals surface area (Å²) in [6, 6.07) is 8.73. The lowest BCUT2D eigenvalue weighted by atomic mass is 9.72. The summed E-state index contributed by atoms with van der Waals surface area (Å²) >= 11 is 0. The van der Waals surface area contributed by atoms with Crippen molar-refractivity contribution in [2.24, 2.45) is 5.92 Å². The number of nitrogens with one attached hydrogen (secondary N) is 2. The average molecular weight is 518 g/mol. The Morgan fingerprint density at radius 2 is 1.95 bits per heavy atom. The third-order valence-corrected chi connectivity index (χ3v) is 7.09. The highest BCUT2D eigenvalue weighted by Gasteiger charge is 2.43. The molecule has 2 aromatic carbocycles. The van der Waals surface area contributed by atoms with Crippen LogP contribution in [0.25, 0.3) is 11.1 Å². The number of nitrogens with zero attached hydrogens (tertiary/aromatic N) is 1. The molecule has 0 bridgehead atoms. The molecule has 0 unspecified atom stereocenters. The van der Waals surface area contributed by atoms with Crippen molar-refractivity contribution >= 4 is 12.0 Å². The minimum absolute atomic E-state index is 0.00932. The van der Waals surface area contributed by atoms with Gasteiger partial charge in [0.05, 0.1) is 5.60 Å². The highest BCUT2D eigenvalue weighted by atomic mass is 19.1. The van der Waals surface area contributed by atoms with Crippen molar-refractivity contribution < 1.29 is 28.6 Å². The van der Waals surface area contributed by atoms with Gasteiger partial charge >= 0.3 is 6.09 Å². The number of piperidine rings is 1. The molecule has 2 amide bonds. The van der Waals surface area contributed by atoms with E-state index in [-0.39, 0.29) is 24.4 Å². The maximum atomic E-state index is 15.4. The summed E-state index contributed by atoms with van der Waals surface area (Å²) in [6.07, 6.45) is 1.67. The maximum Gasteiger partial charge on any atom is 0.404 e. The van der Waals surface area contributed by atoms with Crippen LogP contribution in [-0.2, 0) is 10.4 Å². The number of carbonyl (C=O) groups excluding carboxylic acids is 1. The number of halogens is 2. The third kappa shape index (κ3) is 7.26. The van der Waals surface area contributed by atoms with E-state index in [2.05, 4.69) is 10.6 Å². The number of likely N-dealkylation sites (tertiary alicyclic amines) is 1. The van der Waals surface area contributed by atoms with Gasteiger partial charge < -0.3 is 25.7 Å². The normalized spacial score (nSPS) is 17.3. The molecule has 1 aliphatic rings. The molecule has 2 atom stereocenters. The molecule has 3 rings (SSSR count). The molecule has 2 aromatic rings. The van der Waals surface area contributed by atoms with Gasteiger partial charge in [0.25, 0.3) is 0 Å². The summed E-state index contributed by atoms with van der Waals surface area (Å²) < 4.78 is 29.7. The van der Waals surface area contributed by atoms with Crippen LogP contribution in [0.3, 0.4) is 0 Å². The quantitative estimate of drug-likeness (QED) is 0.331. The van der Waals surface area contributed by atoms with Crippen LogP contribution in [0, 0.1) is 24.5 Å². The molecule has 0 spiro atoms. The Balaban J connectivity index is 2.01. The molecule has 1 saturated heterocycles. The first-order valence-electron chi connectivity index (χ1n) is 12.8. The van der Waals surface area contributed by atoms with Gasteiger partial charge in [0, 0.05) is 37.5 Å². The van der Waals surface area contributed by atoms with Crippen LogP contribution in [0.4, 0.5) is 13.6 Å². The Kier molecular flexibility index (Phi) is 10.00. The van der Waals surface area contributed by atoms with Gasteiger partial charge in [0.15, 0.2) is 0 Å². The van der Waals surface area contributed by atoms with Crippen LogP contribution in [0.1, 0.15) is 49.7 Å². The van der Waals surface area contributed by atoms with Crippen LogP contribution >= 0.6 is 0 Å². The molecule has 1 heterocycles. The average Bonchev–Trinajstić information content (AvgIpc) is 2.85. The van der Waals surface area contributed by atoms with E-state index in [1.165, 1.54) is 24.3 Å². The molecule has 37 heavy (non-hydrogen) atoms. The molecule has 0 aromatic heterocycles. The summed E-state index contributed by atoms with van der Waals surface area (Å²) in [4.78, 5) is 25.6. The molecule has 9 heteroatoms. The van der Waals surface area contributed by atoms with Crippen molar-refractivity contribution in [2.45, 2.75) is 51.0 Å². The van der Waals surface area contributed by atoms with Crippen molar-refractivity contribution in [2.75, 3.05) is 33.2 Å². The van der Waals surface area contributed by atoms with Gasteiger partial charge in [-0.3, -0.25) is 4.79 Å². The fourth-order valence-corrected chi connectivity index (χ4v) is 5.34. The molecule has 0 saturated carbocycles. The zero-order valence-electron chi connectivity index (χ0n) is 21.5. The number of benzene rings is 2. The van der Waals surface area contributed by atoms with Gasteiger partial charge in [-0.1, -0.05) is 18.2 Å². The van der Waals surface area contributed by atoms with Gasteiger partial charge in [0.2, 0.25) is 5.91 Å². The second-order valence-corrected chi connectivity index (χ2v) is 9.83. The first-order chi connectivity index (χ1) is 17.7. The van der Waals surface area contributed by atoms with E-state index in [4.69, 9.17) is 5.11 Å². The molecular formula is C28H37F2N3O4. The van der Waals surface area contributed by atoms with Gasteiger partial charge in [-0.05, 0) is 87.5 Å². The lowest BCUT2D eigenvalue weighted by Crippen LogP contribution is -2.48. The predicted molar refractivity (Wildman–Crippen MR) is 138 cm³/mol. The fraction of sp³-hybridized carbons (Fsp3) is 0.500. The summed E-state index contributed by atoms with van der Waals surface area (Å²) in [5.41, 5.74) is -0.182. The van der Waals surface area contributed by atoms with E-state index in [1.807, 2.05) is 7.05 Å². The third-order valence-electron chi connectivity index (χ3n) is 7.09. The van der Waals surface area contributed by atoms with Crippen molar-refractivity contribution in [3.63, 3.8) is 0 Å². The van der Waals surface area contributed by atoms with Crippen LogP contribution < -0.4 is 10.6 Å². The molecule has 4 N–H and O–H groups in total. The van der Waals surface area contributed by atoms with E-state index in [9.17, 15) is 19.1 Å². The van der Waals surface area contributed by atoms with Gasteiger partial charge in [-0.2, -0.15) is 0 Å². The Labute approximate surface area is 216 Å². The molecule has 1 aliphatic heterocycles. The number of carbonyl (C=O) groups is 2. The first-order valence-corrected chi connectivity index (χ1v) is 12.8. The Hall–Kier alpha value is -3.04. The van der Waals surface area contributed by atoms with Gasteiger partial charge in [0.1, 0.15) is 11.6 Å². The smallest absolute Gasteiger partial charge is 0.404 e. The van der Waals surface area contributed by atoms with E-state index >= 15 is 4.39 Å². The molecular weight excluding hydrogens is 480 g/mol. The van der Waals surface area contributed by atoms with E-state index < -0.39 is 29.2 Å². The standard InChI is InChI=1S/C28H37F2N3O4/c1-19-15-20(17-22(29)16-19)26-23(8-3-9-24(26)30)28(37,11-6-13-32-27(35)36)21-7-5-14-33(18-21)25(34)10-4-12-31-2/h3,8-9,15-17,21,31-32,37H,4-7,10-14,18H2,1-2H3,(H,35,36)/t21-,28+/m1/s1. The number of hydrogen-bond acceptors (Lipinski definition) is 4. The highest BCUT2D eigenvalue weighted by Crippen LogP contribution is 2.44. The Morgan fingerprint density at radius 1 is 1.16 bits per heavy atom. The van der Waals surface area contributed by atoms with Crippen molar-refractivity contribution in [1.82, 2.24) is 15.5 Å². The summed E-state index contributed by atoms with van der Waals surface area (Å²) in [5.74, 6) is -1.49. The Morgan fingerprint density at radius 3 is 2.65 bits per heavy atom. The van der Waals surface area contributed by atoms with Gasteiger partial charge in [-0.15, -0.1) is 0 Å². The molecule has 0 aliphatic carbocycles. The van der Waals surface area contributed by atoms with Crippen molar-refractivity contribution in [1.29, 1.82) is 0 Å². The monoisotopic (exact) mass is 517 g/mol. The van der Waals surface area contributed by atoms with Gasteiger partial charge in [-0.25, -0.2) is 13.6 Å². The number of carboxylic acid groups (broad SMARTS) is 1. The maximum absolute atomic E-state index is 15.4. The molecule has 0 radical (unpaired) electrons. The minimum Gasteiger partial charge on any atom is -0.465 e. The number of rotatable bonds is 11. The minimum atomic E-state index is -1.57. The first kappa shape index (κ1) is 28.5. The van der Waals surface area contributed by atoms with Crippen LogP contribution in [0.2, 0.25) is 0 Å². The summed E-state index contributed by atoms with van der Waals surface area (Å²) in [6.45, 7) is 3.45. The SMILES string of the molecule is CNCCCC(=O)N1CCC[C@@H]([C@@](O)(CCCNC(=O)O)c2cccc(F)c2-c2cc(C)cc(F)c2)C1. The van der Waals surface area contributed by atoms with Crippen LogP contribution in [-0.4, -0.2) is 60.3 Å². The fourth-order valence-electron chi connectivity index (χ4n) is 5.34. The number of aliphatic hydroxyl groups is 1. The topological polar surface area (TPSA) is 102 Å². The summed E-state index contributed by atoms with van der Waals surface area (Å²) in [5, 5.41) is 26.6. The lowest BCUT2D eigenvalue weighted by Gasteiger charge is -2.43. The molecule has 202 valence electrons. The predicted octanol–water partition coefficient (Wildman–Crippen LogP) is 4.41. The van der Waals surface area contributed by atoms with Crippen molar-refractivity contribution in [3.05, 3.63) is 59.2 Å². The Bertz CT molecular complexity index is 1080. The largest absolute Gasteiger partial charge is 0.465 e. The molecule has 1 fully saturated rings. The van der Waals surface area contributed by atoms with Crippen molar-refractivity contribution in [3.8, 4) is 11.1 Å². The zero-order chi connectivity index (χ0) is 27.0. The second-order valence-electron chi connectivity index (χ2n) is 9.83. The summed E-state index contributed by atoms with van der Waals surface area (Å²) in [7, 11) is 1.83. The van der Waals surface area contributed by atoms with Crippen LogP contribution in [0.15, 0.2) is 36.4 Å². The van der Waals surface area contributed by atoms with E-state index in [1.54, 1.807) is 24.0 Å². The molecule has 7 nitrogen and oxygen atoms in total.